The van der Waals surface area contributed by atoms with E-state index >= 15 is 0 Å². The molecule has 0 amide bonds. The van der Waals surface area contributed by atoms with Crippen molar-refractivity contribution in [3.63, 3.8) is 0 Å². The van der Waals surface area contributed by atoms with Crippen LogP contribution in [-0.2, 0) is 14.3 Å². The smallest absolute Gasteiger partial charge is 0.305 e. The van der Waals surface area contributed by atoms with Crippen LogP contribution in [0.15, 0.2) is 24.3 Å². The minimum atomic E-state index is -0.943. The quantitative estimate of drug-likeness (QED) is 0.0679. The molecule has 10 heteroatoms. The fourth-order valence-electron chi connectivity index (χ4n) is 12.1. The number of hydrogen-bond acceptors (Lipinski definition) is 5. The lowest BCUT2D eigenvalue weighted by Crippen LogP contribution is -2.25. The maximum absolute atomic E-state index is 14.9. The maximum atomic E-state index is 14.9. The SMILES string of the molecule is CCCCCC1CCC(C2CCC(c3ccc(OCCCC(=O)O)c(F)c3F)CC2)CC1.CCCCCC1CCC(C2CCC(c3ccc(OCCCC(=O)OCC)c(F)c3F)CC2)CC1. The van der Waals surface area contributed by atoms with Gasteiger partial charge in [-0.25, -0.2) is 8.78 Å². The molecule has 372 valence electrons. The molecule has 4 aliphatic rings. The van der Waals surface area contributed by atoms with Gasteiger partial charge in [0.1, 0.15) is 0 Å². The fraction of sp³-hybridized carbons (Fsp3) is 0.750. The Balaban J connectivity index is 0.000000248. The summed E-state index contributed by atoms with van der Waals surface area (Å²) >= 11 is 0. The Morgan fingerprint density at radius 3 is 1.24 bits per heavy atom. The van der Waals surface area contributed by atoms with Crippen molar-refractivity contribution in [2.24, 2.45) is 35.5 Å². The number of ether oxygens (including phenoxy) is 3. The summed E-state index contributed by atoms with van der Waals surface area (Å²) in [5.74, 6) is 0.339. The van der Waals surface area contributed by atoms with E-state index in [4.69, 9.17) is 19.3 Å². The summed E-state index contributed by atoms with van der Waals surface area (Å²) in [5.41, 5.74) is 0.966. The summed E-state index contributed by atoms with van der Waals surface area (Å²) in [5, 5.41) is 8.65. The van der Waals surface area contributed by atoms with E-state index in [1.165, 1.54) is 109 Å². The standard InChI is InChI=1S/C29H44F2O3.C27H40F2O3/c1-3-5-6-8-21-10-12-22(13-11-21)23-14-16-24(17-15-23)25-18-19-26(29(31)28(25)30)34-20-7-9-27(32)33-4-2;1-2-3-4-6-19-8-10-20(11-9-19)21-12-14-22(15-13-21)23-16-17-24(27(29)26(23)28)32-18-5-7-25(30)31/h18-19,21-24H,3-17,20H2,1-2H3;16-17,19-22H,2-15,18H2,1H3,(H,30,31). The summed E-state index contributed by atoms with van der Waals surface area (Å²) in [6.45, 7) is 6.84. The van der Waals surface area contributed by atoms with Gasteiger partial charge in [0.05, 0.1) is 19.8 Å². The lowest BCUT2D eigenvalue weighted by Gasteiger charge is -2.38. The number of carboxylic acids is 1. The molecule has 0 atom stereocenters. The van der Waals surface area contributed by atoms with Crippen LogP contribution < -0.4 is 9.47 Å². The van der Waals surface area contributed by atoms with Crippen LogP contribution in [0.2, 0.25) is 0 Å². The molecular weight excluding hydrogens is 845 g/mol. The van der Waals surface area contributed by atoms with E-state index in [9.17, 15) is 27.2 Å². The van der Waals surface area contributed by atoms with Crippen LogP contribution in [0.4, 0.5) is 17.6 Å². The zero-order valence-electron chi connectivity index (χ0n) is 40.8. The van der Waals surface area contributed by atoms with Gasteiger partial charge in [0.25, 0.3) is 0 Å². The van der Waals surface area contributed by atoms with E-state index < -0.39 is 29.2 Å². The van der Waals surface area contributed by atoms with E-state index in [-0.39, 0.29) is 61.8 Å². The normalized spacial score (nSPS) is 25.6. The minimum Gasteiger partial charge on any atom is -0.490 e. The Labute approximate surface area is 395 Å². The van der Waals surface area contributed by atoms with Gasteiger partial charge in [0, 0.05) is 12.8 Å². The van der Waals surface area contributed by atoms with Gasteiger partial charge in [-0.3, -0.25) is 9.59 Å². The molecule has 1 N–H and O–H groups in total. The second kappa shape index (κ2) is 28.9. The molecule has 0 radical (unpaired) electrons. The number of rotatable bonds is 23. The Morgan fingerprint density at radius 1 is 0.500 bits per heavy atom. The van der Waals surface area contributed by atoms with Crippen molar-refractivity contribution in [1.82, 2.24) is 0 Å². The summed E-state index contributed by atoms with van der Waals surface area (Å²) in [4.78, 5) is 21.9. The number of carbonyl (C=O) groups excluding carboxylic acids is 1. The van der Waals surface area contributed by atoms with E-state index in [1.54, 1.807) is 25.1 Å². The van der Waals surface area contributed by atoms with Crippen molar-refractivity contribution >= 4 is 11.9 Å². The molecule has 0 saturated heterocycles. The number of carboxylic acid groups (broad SMARTS) is 1. The highest BCUT2D eigenvalue weighted by atomic mass is 19.2. The lowest BCUT2D eigenvalue weighted by atomic mass is 9.68. The van der Waals surface area contributed by atoms with Crippen molar-refractivity contribution in [3.8, 4) is 11.5 Å². The Hall–Kier alpha value is -3.30. The van der Waals surface area contributed by atoms with Gasteiger partial charge in [0.15, 0.2) is 23.1 Å². The summed E-state index contributed by atoms with van der Waals surface area (Å²) < 4.78 is 74.3. The van der Waals surface area contributed by atoms with Crippen molar-refractivity contribution in [2.75, 3.05) is 19.8 Å². The van der Waals surface area contributed by atoms with Gasteiger partial charge in [-0.2, -0.15) is 8.78 Å². The van der Waals surface area contributed by atoms with Crippen molar-refractivity contribution in [3.05, 3.63) is 58.7 Å². The second-order valence-electron chi connectivity index (χ2n) is 20.4. The average Bonchev–Trinajstić information content (AvgIpc) is 3.33. The molecule has 0 heterocycles. The molecule has 6 nitrogen and oxygen atoms in total. The minimum absolute atomic E-state index is 0.0497. The molecule has 6 rings (SSSR count). The van der Waals surface area contributed by atoms with Crippen molar-refractivity contribution < 1.29 is 46.5 Å². The Kier molecular flexibility index (Phi) is 23.5. The third-order valence-electron chi connectivity index (χ3n) is 16.0. The van der Waals surface area contributed by atoms with Crippen LogP contribution in [0, 0.1) is 58.8 Å². The van der Waals surface area contributed by atoms with E-state index in [1.807, 2.05) is 0 Å². The Bertz CT molecular complexity index is 1720. The molecular formula is C56H84F4O6. The summed E-state index contributed by atoms with van der Waals surface area (Å²) in [6.07, 6.45) is 30.9. The Morgan fingerprint density at radius 2 is 0.879 bits per heavy atom. The van der Waals surface area contributed by atoms with Gasteiger partial charge in [-0.1, -0.05) is 103 Å². The van der Waals surface area contributed by atoms with Gasteiger partial charge in [-0.15, -0.1) is 0 Å². The molecule has 2 aromatic rings. The highest BCUT2D eigenvalue weighted by Gasteiger charge is 2.34. The molecule has 4 saturated carbocycles. The third-order valence-corrected chi connectivity index (χ3v) is 16.0. The summed E-state index contributed by atoms with van der Waals surface area (Å²) in [6, 6.07) is 6.41. The van der Waals surface area contributed by atoms with Crippen LogP contribution in [0.25, 0.3) is 0 Å². The first-order chi connectivity index (χ1) is 32.0. The first-order valence-electron chi connectivity index (χ1n) is 26.6. The number of esters is 1. The molecule has 2 aromatic carbocycles. The van der Waals surface area contributed by atoms with E-state index in [2.05, 4.69) is 13.8 Å². The molecule has 0 spiro atoms. The van der Waals surface area contributed by atoms with Gasteiger partial charge in [-0.05, 0) is 167 Å². The molecule has 66 heavy (non-hydrogen) atoms. The molecule has 0 aliphatic heterocycles. The number of halogens is 4. The predicted molar refractivity (Wildman–Crippen MR) is 255 cm³/mol. The first-order valence-corrected chi connectivity index (χ1v) is 26.6. The lowest BCUT2D eigenvalue weighted by molar-refractivity contribution is -0.143. The van der Waals surface area contributed by atoms with E-state index in [0.29, 0.717) is 24.2 Å². The number of unbranched alkanes of at least 4 members (excludes halogenated alkanes) is 4. The highest BCUT2D eigenvalue weighted by Crippen LogP contribution is 2.47. The third kappa shape index (κ3) is 16.7. The van der Waals surface area contributed by atoms with Gasteiger partial charge in [0.2, 0.25) is 11.6 Å². The summed E-state index contributed by atoms with van der Waals surface area (Å²) in [7, 11) is 0. The van der Waals surface area contributed by atoms with Crippen LogP contribution in [0.3, 0.4) is 0 Å². The molecule has 0 bridgehead atoms. The zero-order valence-corrected chi connectivity index (χ0v) is 40.8. The zero-order chi connectivity index (χ0) is 47.3. The molecule has 0 unspecified atom stereocenters. The van der Waals surface area contributed by atoms with Crippen molar-refractivity contribution in [2.45, 2.75) is 212 Å². The second-order valence-corrected chi connectivity index (χ2v) is 20.4. The van der Waals surface area contributed by atoms with Crippen molar-refractivity contribution in [1.29, 1.82) is 0 Å². The topological polar surface area (TPSA) is 82.1 Å². The number of aliphatic carboxylic acids is 1. The molecule has 0 aromatic heterocycles. The van der Waals surface area contributed by atoms with E-state index in [0.717, 1.165) is 86.9 Å². The average molecular weight is 929 g/mol. The maximum Gasteiger partial charge on any atom is 0.305 e. The van der Waals surface area contributed by atoms with Crippen LogP contribution in [0.5, 0.6) is 11.5 Å². The van der Waals surface area contributed by atoms with Gasteiger partial charge < -0.3 is 19.3 Å². The highest BCUT2D eigenvalue weighted by molar-refractivity contribution is 5.69. The molecule has 4 aliphatic carbocycles. The fourth-order valence-corrected chi connectivity index (χ4v) is 12.1. The van der Waals surface area contributed by atoms with Crippen LogP contribution in [-0.4, -0.2) is 36.9 Å². The number of carbonyl (C=O) groups is 2. The predicted octanol–water partition coefficient (Wildman–Crippen LogP) is 16.2. The number of benzene rings is 2. The van der Waals surface area contributed by atoms with Crippen LogP contribution >= 0.6 is 0 Å². The monoisotopic (exact) mass is 929 g/mol. The molecule has 4 fully saturated rings. The van der Waals surface area contributed by atoms with Gasteiger partial charge >= 0.3 is 11.9 Å². The largest absolute Gasteiger partial charge is 0.490 e. The number of hydrogen-bond donors (Lipinski definition) is 1. The first kappa shape index (κ1) is 53.7. The van der Waals surface area contributed by atoms with Crippen LogP contribution in [0.1, 0.15) is 224 Å².